The molecule has 2 atom stereocenters. The van der Waals surface area contributed by atoms with E-state index in [9.17, 15) is 23.6 Å². The number of amides is 1. The van der Waals surface area contributed by atoms with E-state index in [4.69, 9.17) is 4.74 Å². The van der Waals surface area contributed by atoms with Crippen LogP contribution in [0.25, 0.3) is 21.8 Å². The summed E-state index contributed by atoms with van der Waals surface area (Å²) in [4.78, 5) is 55.8. The number of hydrogen-bond donors (Lipinski definition) is 1. The quantitative estimate of drug-likeness (QED) is 0.187. The molecule has 1 saturated carbocycles. The Kier molecular flexibility index (Phi) is 9.51. The van der Waals surface area contributed by atoms with Crippen LogP contribution in [-0.2, 0) is 19.1 Å². The van der Waals surface area contributed by atoms with Crippen LogP contribution in [-0.4, -0.2) is 60.7 Å². The van der Waals surface area contributed by atoms with Crippen LogP contribution in [0, 0.1) is 0 Å². The molecule has 7 nitrogen and oxygen atoms in total. The number of nitrogens with one attached hydrogen (secondary N) is 1. The SMILES string of the molecule is CI(C)[C@H](CC(=O)n1c2ccccc2c2ccccc21)C(=O)NC(CC(=O)OC1CCCCC1)C(=O)CF. The Bertz CT molecular complexity index is 1280. The molecule has 1 aliphatic rings. The van der Waals surface area contributed by atoms with Gasteiger partial charge in [0.1, 0.15) is 0 Å². The molecule has 9 heteroatoms. The van der Waals surface area contributed by atoms with Crippen molar-refractivity contribution in [2.24, 2.45) is 0 Å². The van der Waals surface area contributed by atoms with Gasteiger partial charge in [0.05, 0.1) is 0 Å². The Morgan fingerprint density at radius 2 is 1.53 bits per heavy atom. The molecule has 4 rings (SSSR count). The summed E-state index contributed by atoms with van der Waals surface area (Å²) in [6.07, 6.45) is 3.93. The first-order valence-electron chi connectivity index (χ1n) is 12.9. The van der Waals surface area contributed by atoms with Gasteiger partial charge in [-0.15, -0.1) is 0 Å². The molecule has 0 aliphatic heterocycles. The van der Waals surface area contributed by atoms with Gasteiger partial charge in [-0.3, -0.25) is 0 Å². The van der Waals surface area contributed by atoms with Crippen LogP contribution < -0.4 is 5.32 Å². The third-order valence-electron chi connectivity index (χ3n) is 7.05. The van der Waals surface area contributed by atoms with Crippen LogP contribution in [0.1, 0.15) is 49.7 Å². The number of para-hydroxylation sites is 2. The monoisotopic (exact) mass is 636 g/mol. The van der Waals surface area contributed by atoms with Crippen molar-refractivity contribution in [2.75, 3.05) is 16.5 Å². The molecule has 38 heavy (non-hydrogen) atoms. The number of carbonyl (C=O) groups excluding carboxylic acids is 4. The number of halogens is 2. The fourth-order valence-electron chi connectivity index (χ4n) is 5.07. The predicted octanol–water partition coefficient (Wildman–Crippen LogP) is 5.25. The third kappa shape index (κ3) is 6.42. The molecule has 1 heterocycles. The molecule has 3 aromatic rings. The van der Waals surface area contributed by atoms with Crippen molar-refractivity contribution >= 4 is 65.2 Å². The first-order valence-corrected chi connectivity index (χ1v) is 18.4. The Balaban J connectivity index is 1.50. The molecule has 1 N–H and O–H groups in total. The minimum absolute atomic E-state index is 0.0462. The Hall–Kier alpha value is -2.82. The van der Waals surface area contributed by atoms with Gasteiger partial charge in [0, 0.05) is 0 Å². The fourth-order valence-corrected chi connectivity index (χ4v) is 7.63. The van der Waals surface area contributed by atoms with Crippen LogP contribution in [0.5, 0.6) is 0 Å². The van der Waals surface area contributed by atoms with Gasteiger partial charge in [-0.1, -0.05) is 0 Å². The van der Waals surface area contributed by atoms with Crippen molar-refractivity contribution in [3.05, 3.63) is 48.5 Å². The van der Waals surface area contributed by atoms with Crippen LogP contribution >= 0.6 is 19.8 Å². The minimum atomic E-state index is -1.95. The summed E-state index contributed by atoms with van der Waals surface area (Å²) in [5.74, 6) is -2.21. The molecule has 0 saturated heterocycles. The second-order valence-electron chi connectivity index (χ2n) is 9.86. The zero-order chi connectivity index (χ0) is 27.2. The van der Waals surface area contributed by atoms with Crippen molar-refractivity contribution in [2.45, 2.75) is 61.0 Å². The van der Waals surface area contributed by atoms with Crippen LogP contribution in [0.4, 0.5) is 4.39 Å². The summed E-state index contributed by atoms with van der Waals surface area (Å²) >= 11 is -1.95. The van der Waals surface area contributed by atoms with Gasteiger partial charge < -0.3 is 0 Å². The van der Waals surface area contributed by atoms with Crippen LogP contribution in [0.15, 0.2) is 48.5 Å². The zero-order valence-electron chi connectivity index (χ0n) is 21.8. The van der Waals surface area contributed by atoms with E-state index in [1.54, 1.807) is 4.57 Å². The van der Waals surface area contributed by atoms with E-state index in [1.165, 1.54) is 0 Å². The van der Waals surface area contributed by atoms with Crippen molar-refractivity contribution in [3.63, 3.8) is 0 Å². The van der Waals surface area contributed by atoms with E-state index in [-0.39, 0.29) is 18.4 Å². The number of alkyl halides is 4. The Labute approximate surface area is 228 Å². The van der Waals surface area contributed by atoms with Gasteiger partial charge in [0.25, 0.3) is 0 Å². The average molecular weight is 637 g/mol. The van der Waals surface area contributed by atoms with Gasteiger partial charge in [0.15, 0.2) is 0 Å². The standard InChI is InChI=1S/C29H34FIN2O5/c1-31(2)22(16-27(35)33-24-14-8-6-12-20(24)21-13-7-9-15-25(21)33)29(37)32-23(26(34)18-30)17-28(36)38-19-10-4-3-5-11-19/h6-9,12-15,19,22-23H,3-5,10-11,16-18H2,1-2H3,(H,32,37)/t22-,23?/m1/s1. The van der Waals surface area contributed by atoms with E-state index in [2.05, 4.69) is 5.32 Å². The summed E-state index contributed by atoms with van der Waals surface area (Å²) in [5, 5.41) is 4.49. The molecular weight excluding hydrogens is 602 g/mol. The maximum absolute atomic E-state index is 13.6. The van der Waals surface area contributed by atoms with Gasteiger partial charge in [-0.2, -0.15) is 0 Å². The molecule has 1 amide bonds. The van der Waals surface area contributed by atoms with Gasteiger partial charge in [-0.25, -0.2) is 0 Å². The van der Waals surface area contributed by atoms with Crippen molar-refractivity contribution in [1.29, 1.82) is 0 Å². The first kappa shape index (κ1) is 28.2. The third-order valence-corrected chi connectivity index (χ3v) is 11.1. The Morgan fingerprint density at radius 3 is 2.08 bits per heavy atom. The number of aromatic nitrogens is 1. The van der Waals surface area contributed by atoms with E-state index < -0.39 is 60.5 Å². The first-order chi connectivity index (χ1) is 18.3. The molecule has 0 radical (unpaired) electrons. The normalized spacial score (nSPS) is 16.1. The molecule has 1 fully saturated rings. The number of nitrogens with zero attached hydrogens (tertiary/aromatic N) is 1. The molecule has 1 aromatic heterocycles. The molecule has 1 aliphatic carbocycles. The number of hydrogen-bond acceptors (Lipinski definition) is 5. The number of rotatable bonds is 10. The molecule has 204 valence electrons. The van der Waals surface area contributed by atoms with E-state index in [0.717, 1.165) is 53.9 Å². The van der Waals surface area contributed by atoms with Gasteiger partial charge >= 0.3 is 229 Å². The number of benzene rings is 2. The predicted molar refractivity (Wildman–Crippen MR) is 155 cm³/mol. The second-order valence-corrected chi connectivity index (χ2v) is 16.0. The second kappa shape index (κ2) is 12.8. The van der Waals surface area contributed by atoms with Crippen molar-refractivity contribution in [1.82, 2.24) is 9.88 Å². The molecule has 2 aromatic carbocycles. The summed E-state index contributed by atoms with van der Waals surface area (Å²) in [6.45, 7) is -1.30. The van der Waals surface area contributed by atoms with E-state index >= 15 is 0 Å². The molecule has 0 spiro atoms. The number of fused-ring (bicyclic) bond motifs is 3. The summed E-state index contributed by atoms with van der Waals surface area (Å²) in [5.41, 5.74) is 1.53. The Morgan fingerprint density at radius 1 is 0.947 bits per heavy atom. The van der Waals surface area contributed by atoms with Crippen molar-refractivity contribution in [3.8, 4) is 0 Å². The van der Waals surface area contributed by atoms with Crippen LogP contribution in [0.2, 0.25) is 0 Å². The van der Waals surface area contributed by atoms with Crippen molar-refractivity contribution < 1.29 is 28.3 Å². The number of carbonyl (C=O) groups is 4. The molecule has 0 bridgehead atoms. The number of esters is 1. The molecular formula is C29H34FIN2O5. The summed E-state index contributed by atoms with van der Waals surface area (Å²) in [7, 11) is 0. The number of Topliss-reactive ketones (excluding diaryl/α,β-unsaturated/α-hetero) is 1. The average Bonchev–Trinajstić information content (AvgIpc) is 3.25. The van der Waals surface area contributed by atoms with E-state index in [0.29, 0.717) is 0 Å². The maximum atomic E-state index is 13.6. The van der Waals surface area contributed by atoms with E-state index in [1.807, 2.05) is 58.4 Å². The topological polar surface area (TPSA) is 94.5 Å². The summed E-state index contributed by atoms with van der Waals surface area (Å²) < 4.78 is 19.9. The molecule has 1 unspecified atom stereocenters. The zero-order valence-corrected chi connectivity index (χ0v) is 23.9. The van der Waals surface area contributed by atoms with Gasteiger partial charge in [0.2, 0.25) is 0 Å². The van der Waals surface area contributed by atoms with Gasteiger partial charge in [-0.05, 0) is 0 Å². The fraction of sp³-hybridized carbons (Fsp3) is 0.448. The number of ether oxygens (including phenoxy) is 1. The number of ketones is 1. The summed E-state index contributed by atoms with van der Waals surface area (Å²) in [6, 6.07) is 13.9. The van der Waals surface area contributed by atoms with Crippen LogP contribution in [0.3, 0.4) is 0 Å².